The second kappa shape index (κ2) is 5.92. The van der Waals surface area contributed by atoms with Gasteiger partial charge in [-0.3, -0.25) is 9.78 Å². The molecule has 0 saturated heterocycles. The summed E-state index contributed by atoms with van der Waals surface area (Å²) in [4.78, 5) is 15.7. The number of hydrogen-bond donors (Lipinski definition) is 2. The number of rotatable bonds is 3. The van der Waals surface area contributed by atoms with E-state index in [1.54, 1.807) is 0 Å². The maximum atomic E-state index is 13.0. The lowest BCUT2D eigenvalue weighted by Crippen LogP contribution is -2.17. The van der Waals surface area contributed by atoms with Crippen LogP contribution in [-0.4, -0.2) is 10.9 Å². The Morgan fingerprint density at radius 3 is 2.62 bits per heavy atom. The molecule has 0 radical (unpaired) electrons. The summed E-state index contributed by atoms with van der Waals surface area (Å²) in [5, 5.41) is 2.24. The van der Waals surface area contributed by atoms with Crippen LogP contribution in [0.2, 0.25) is 0 Å². The van der Waals surface area contributed by atoms with Crippen molar-refractivity contribution < 1.29 is 18.0 Å². The molecule has 1 aromatic carbocycles. The van der Waals surface area contributed by atoms with Crippen LogP contribution < -0.4 is 11.1 Å². The molecule has 0 bridgehead atoms. The highest BCUT2D eigenvalue weighted by molar-refractivity contribution is 6.04. The van der Waals surface area contributed by atoms with E-state index >= 15 is 0 Å². The first-order chi connectivity index (χ1) is 9.91. The molecule has 0 aliphatic carbocycles. The third-order valence-electron chi connectivity index (χ3n) is 2.80. The number of nitrogens with two attached hydrogens (primary N) is 1. The molecular formula is C14H12F3N3O. The highest BCUT2D eigenvalue weighted by Gasteiger charge is 2.34. The van der Waals surface area contributed by atoms with Crippen molar-refractivity contribution in [3.63, 3.8) is 0 Å². The van der Waals surface area contributed by atoms with E-state index in [1.807, 2.05) is 0 Å². The molecule has 0 aliphatic rings. The van der Waals surface area contributed by atoms with Crippen molar-refractivity contribution in [2.24, 2.45) is 5.73 Å². The number of benzene rings is 1. The Morgan fingerprint density at radius 1 is 1.29 bits per heavy atom. The van der Waals surface area contributed by atoms with Crippen LogP contribution in [0.25, 0.3) is 0 Å². The molecule has 0 spiro atoms. The normalized spacial score (nSPS) is 11.2. The van der Waals surface area contributed by atoms with Crippen LogP contribution in [0, 0.1) is 0 Å². The molecule has 7 heteroatoms. The van der Waals surface area contributed by atoms with Crippen LogP contribution >= 0.6 is 0 Å². The smallest absolute Gasteiger partial charge is 0.326 e. The van der Waals surface area contributed by atoms with Gasteiger partial charge < -0.3 is 11.1 Å². The van der Waals surface area contributed by atoms with Gasteiger partial charge in [-0.1, -0.05) is 6.07 Å². The van der Waals surface area contributed by atoms with Gasteiger partial charge in [-0.25, -0.2) is 0 Å². The second-order valence-corrected chi connectivity index (χ2v) is 4.28. The highest BCUT2D eigenvalue weighted by atomic mass is 19.4. The van der Waals surface area contributed by atoms with Crippen LogP contribution in [0.1, 0.15) is 21.5 Å². The monoisotopic (exact) mass is 295 g/mol. The van der Waals surface area contributed by atoms with Crippen LogP contribution in [0.3, 0.4) is 0 Å². The Balaban J connectivity index is 2.34. The van der Waals surface area contributed by atoms with Crippen molar-refractivity contribution in [1.82, 2.24) is 4.98 Å². The number of anilines is 1. The third-order valence-corrected chi connectivity index (χ3v) is 2.80. The van der Waals surface area contributed by atoms with Gasteiger partial charge in [-0.15, -0.1) is 0 Å². The summed E-state index contributed by atoms with van der Waals surface area (Å²) in [5.41, 5.74) is 4.61. The van der Waals surface area contributed by atoms with E-state index in [9.17, 15) is 18.0 Å². The van der Waals surface area contributed by atoms with Crippen LogP contribution in [0.4, 0.5) is 18.9 Å². The SMILES string of the molecule is NCc1ccc(NC(=O)c2cccnc2)c(C(F)(F)F)c1. The van der Waals surface area contributed by atoms with Crippen LogP contribution in [0.5, 0.6) is 0 Å². The fraction of sp³-hybridized carbons (Fsp3) is 0.143. The molecule has 0 atom stereocenters. The Morgan fingerprint density at radius 2 is 2.05 bits per heavy atom. The molecule has 0 saturated carbocycles. The van der Waals surface area contributed by atoms with E-state index in [2.05, 4.69) is 10.3 Å². The average molecular weight is 295 g/mol. The predicted octanol–water partition coefficient (Wildman–Crippen LogP) is 2.81. The van der Waals surface area contributed by atoms with Crippen molar-refractivity contribution in [3.8, 4) is 0 Å². The molecule has 1 aromatic heterocycles. The van der Waals surface area contributed by atoms with Gasteiger partial charge in [0.1, 0.15) is 0 Å². The third kappa shape index (κ3) is 3.57. The van der Waals surface area contributed by atoms with Crippen LogP contribution in [0.15, 0.2) is 42.7 Å². The number of pyridine rings is 1. The van der Waals surface area contributed by atoms with Gasteiger partial charge >= 0.3 is 6.18 Å². The fourth-order valence-electron chi connectivity index (χ4n) is 1.75. The molecule has 1 amide bonds. The minimum atomic E-state index is -4.58. The molecular weight excluding hydrogens is 283 g/mol. The van der Waals surface area contributed by atoms with Gasteiger partial charge in [0.25, 0.3) is 5.91 Å². The van der Waals surface area contributed by atoms with Crippen molar-refractivity contribution in [3.05, 3.63) is 59.4 Å². The zero-order valence-electron chi connectivity index (χ0n) is 10.8. The Labute approximate surface area is 118 Å². The van der Waals surface area contributed by atoms with Crippen molar-refractivity contribution in [1.29, 1.82) is 0 Å². The minimum Gasteiger partial charge on any atom is -0.326 e. The number of carbonyl (C=O) groups excluding carboxylic acids is 1. The number of halogens is 3. The first kappa shape index (κ1) is 15.0. The van der Waals surface area contributed by atoms with Crippen molar-refractivity contribution in [2.45, 2.75) is 12.7 Å². The molecule has 0 fully saturated rings. The van der Waals surface area contributed by atoms with Gasteiger partial charge in [-0.2, -0.15) is 13.2 Å². The summed E-state index contributed by atoms with van der Waals surface area (Å²) >= 11 is 0. The molecule has 3 N–H and O–H groups in total. The summed E-state index contributed by atoms with van der Waals surface area (Å²) in [6.45, 7) is -0.0140. The predicted molar refractivity (Wildman–Crippen MR) is 71.5 cm³/mol. The molecule has 110 valence electrons. The number of nitrogens with zero attached hydrogens (tertiary/aromatic N) is 1. The highest BCUT2D eigenvalue weighted by Crippen LogP contribution is 2.35. The molecule has 0 unspecified atom stereocenters. The summed E-state index contributed by atoms with van der Waals surface area (Å²) < 4.78 is 39.0. The van der Waals surface area contributed by atoms with Crippen LogP contribution in [-0.2, 0) is 12.7 Å². The first-order valence-corrected chi connectivity index (χ1v) is 6.03. The maximum Gasteiger partial charge on any atom is 0.418 e. The molecule has 2 rings (SSSR count). The van der Waals surface area contributed by atoms with Crippen molar-refractivity contribution >= 4 is 11.6 Å². The zero-order valence-corrected chi connectivity index (χ0v) is 10.8. The lowest BCUT2D eigenvalue weighted by atomic mass is 10.1. The number of aromatic nitrogens is 1. The standard InChI is InChI=1S/C14H12F3N3O/c15-14(16,17)11-6-9(7-18)3-4-12(11)20-13(21)10-2-1-5-19-8-10/h1-6,8H,7,18H2,(H,20,21). The lowest BCUT2D eigenvalue weighted by molar-refractivity contribution is -0.137. The second-order valence-electron chi connectivity index (χ2n) is 4.28. The van der Waals surface area contributed by atoms with E-state index in [0.29, 0.717) is 5.56 Å². The van der Waals surface area contributed by atoms with E-state index < -0.39 is 17.6 Å². The number of hydrogen-bond acceptors (Lipinski definition) is 3. The molecule has 0 aliphatic heterocycles. The van der Waals surface area contributed by atoms with Gasteiger partial charge in [0, 0.05) is 18.9 Å². The Kier molecular flexibility index (Phi) is 4.23. The van der Waals surface area contributed by atoms with E-state index in [4.69, 9.17) is 5.73 Å². The van der Waals surface area contributed by atoms with Gasteiger partial charge in [0.05, 0.1) is 16.8 Å². The van der Waals surface area contributed by atoms with E-state index in [0.717, 1.165) is 6.07 Å². The van der Waals surface area contributed by atoms with Gasteiger partial charge in [0.15, 0.2) is 0 Å². The Hall–Kier alpha value is -2.41. The topological polar surface area (TPSA) is 68.0 Å². The summed E-state index contributed by atoms with van der Waals surface area (Å²) in [7, 11) is 0. The van der Waals surface area contributed by atoms with Gasteiger partial charge in [-0.05, 0) is 29.8 Å². The largest absolute Gasteiger partial charge is 0.418 e. The number of carbonyl (C=O) groups is 1. The first-order valence-electron chi connectivity index (χ1n) is 6.03. The summed E-state index contributed by atoms with van der Waals surface area (Å²) in [5.74, 6) is -0.658. The minimum absolute atomic E-state index is 0.0140. The molecule has 4 nitrogen and oxygen atoms in total. The van der Waals surface area contributed by atoms with E-state index in [-0.39, 0.29) is 17.8 Å². The number of nitrogens with one attached hydrogen (secondary N) is 1. The maximum absolute atomic E-state index is 13.0. The quantitative estimate of drug-likeness (QED) is 0.915. The number of alkyl halides is 3. The molecule has 21 heavy (non-hydrogen) atoms. The summed E-state index contributed by atoms with van der Waals surface area (Å²) in [6.07, 6.45) is -1.84. The number of amides is 1. The fourth-order valence-corrected chi connectivity index (χ4v) is 1.75. The van der Waals surface area contributed by atoms with Crippen molar-refractivity contribution in [2.75, 3.05) is 5.32 Å². The lowest BCUT2D eigenvalue weighted by Gasteiger charge is -2.15. The summed E-state index contributed by atoms with van der Waals surface area (Å²) in [6, 6.07) is 6.55. The average Bonchev–Trinajstić information content (AvgIpc) is 2.47. The van der Waals surface area contributed by atoms with Gasteiger partial charge in [0.2, 0.25) is 0 Å². The molecule has 2 aromatic rings. The molecule has 1 heterocycles. The zero-order chi connectivity index (χ0) is 15.5. The van der Waals surface area contributed by atoms with E-state index in [1.165, 1.54) is 36.7 Å². The Bertz CT molecular complexity index is 642.